The molecule has 0 saturated heterocycles. The number of halogens is 1. The summed E-state index contributed by atoms with van der Waals surface area (Å²) in [6, 6.07) is 15.7. The van der Waals surface area contributed by atoms with E-state index in [0.717, 1.165) is 35.5 Å². The molecule has 0 atom stereocenters. The Morgan fingerprint density at radius 3 is 2.67 bits per heavy atom. The summed E-state index contributed by atoms with van der Waals surface area (Å²) in [6.07, 6.45) is 3.37. The summed E-state index contributed by atoms with van der Waals surface area (Å²) >= 11 is 1.35. The fraction of sp³-hybridized carbons (Fsp3) is 0.190. The lowest BCUT2D eigenvalue weighted by Crippen LogP contribution is -2.09. The van der Waals surface area contributed by atoms with Crippen LogP contribution < -0.4 is 9.46 Å². The quantitative estimate of drug-likeness (QED) is 0.417. The van der Waals surface area contributed by atoms with E-state index in [-0.39, 0.29) is 17.2 Å². The van der Waals surface area contributed by atoms with Crippen molar-refractivity contribution in [3.05, 3.63) is 77.9 Å². The first-order chi connectivity index (χ1) is 13.2. The molecule has 27 heavy (non-hydrogen) atoms. The zero-order valence-electron chi connectivity index (χ0n) is 15.0. The van der Waals surface area contributed by atoms with Crippen molar-refractivity contribution >= 4 is 11.9 Å². The summed E-state index contributed by atoms with van der Waals surface area (Å²) in [5.74, 6) is -0.166. The highest BCUT2D eigenvalue weighted by Crippen LogP contribution is 2.33. The fourth-order valence-corrected chi connectivity index (χ4v) is 3.14. The predicted molar refractivity (Wildman–Crippen MR) is 106 cm³/mol. The lowest BCUT2D eigenvalue weighted by atomic mass is 10.1. The molecule has 0 saturated carbocycles. The SMILES string of the molecule is CCc1ccc(Oc2ccc(SNCCc3ccccn3)cc2F)c(O)c1. The van der Waals surface area contributed by atoms with Crippen molar-refractivity contribution in [3.8, 4) is 17.2 Å². The molecule has 0 amide bonds. The molecular weight excluding hydrogens is 363 g/mol. The smallest absolute Gasteiger partial charge is 0.169 e. The third-order valence-electron chi connectivity index (χ3n) is 3.95. The average molecular weight is 384 g/mol. The third-order valence-corrected chi connectivity index (χ3v) is 4.79. The van der Waals surface area contributed by atoms with Gasteiger partial charge in [-0.05, 0) is 66.4 Å². The number of phenols is 1. The first-order valence-electron chi connectivity index (χ1n) is 8.74. The van der Waals surface area contributed by atoms with E-state index in [2.05, 4.69) is 9.71 Å². The summed E-state index contributed by atoms with van der Waals surface area (Å²) in [5.41, 5.74) is 2.00. The number of aromatic hydroxyl groups is 1. The van der Waals surface area contributed by atoms with E-state index >= 15 is 0 Å². The van der Waals surface area contributed by atoms with E-state index in [1.165, 1.54) is 18.0 Å². The van der Waals surface area contributed by atoms with Gasteiger partial charge in [0.2, 0.25) is 0 Å². The second-order valence-electron chi connectivity index (χ2n) is 5.92. The van der Waals surface area contributed by atoms with Crippen LogP contribution in [0.4, 0.5) is 4.39 Å². The van der Waals surface area contributed by atoms with Crippen molar-refractivity contribution in [1.29, 1.82) is 0 Å². The minimum Gasteiger partial charge on any atom is -0.504 e. The molecule has 1 heterocycles. The summed E-state index contributed by atoms with van der Waals surface area (Å²) in [7, 11) is 0. The van der Waals surface area contributed by atoms with Crippen LogP contribution >= 0.6 is 11.9 Å². The Hall–Kier alpha value is -2.57. The number of phenolic OH excluding ortho intramolecular Hbond substituents is 1. The van der Waals surface area contributed by atoms with E-state index in [1.807, 2.05) is 31.2 Å². The number of hydrogen-bond acceptors (Lipinski definition) is 5. The van der Waals surface area contributed by atoms with Gasteiger partial charge in [0.05, 0.1) is 0 Å². The standard InChI is InChI=1S/C21H21FN2O2S/c1-2-15-6-8-21(19(25)13-15)26-20-9-7-17(14-18(20)22)27-24-12-10-16-5-3-4-11-23-16/h3-9,11,13-14,24-25H,2,10,12H2,1H3. The van der Waals surface area contributed by atoms with Gasteiger partial charge in [0.1, 0.15) is 0 Å². The predicted octanol–water partition coefficient (Wildman–Crippen LogP) is 5.12. The Kier molecular flexibility index (Phi) is 6.68. The highest BCUT2D eigenvalue weighted by Gasteiger charge is 2.10. The highest BCUT2D eigenvalue weighted by atomic mass is 32.2. The number of pyridine rings is 1. The Morgan fingerprint density at radius 1 is 1.11 bits per heavy atom. The molecule has 2 aromatic carbocycles. The van der Waals surface area contributed by atoms with Gasteiger partial charge in [-0.2, -0.15) is 0 Å². The number of benzene rings is 2. The van der Waals surface area contributed by atoms with E-state index < -0.39 is 5.82 Å². The Balaban J connectivity index is 1.55. The van der Waals surface area contributed by atoms with Gasteiger partial charge in [0, 0.05) is 29.8 Å². The first kappa shape index (κ1) is 19.2. The Labute approximate surface area is 162 Å². The molecule has 0 aliphatic carbocycles. The topological polar surface area (TPSA) is 54.4 Å². The average Bonchev–Trinajstić information content (AvgIpc) is 2.69. The molecule has 6 heteroatoms. The maximum absolute atomic E-state index is 14.3. The summed E-state index contributed by atoms with van der Waals surface area (Å²) in [4.78, 5) is 5.00. The lowest BCUT2D eigenvalue weighted by Gasteiger charge is -2.11. The van der Waals surface area contributed by atoms with Crippen molar-refractivity contribution in [3.63, 3.8) is 0 Å². The van der Waals surface area contributed by atoms with Gasteiger partial charge in [-0.15, -0.1) is 0 Å². The molecule has 3 rings (SSSR count). The van der Waals surface area contributed by atoms with Crippen molar-refractivity contribution in [2.24, 2.45) is 0 Å². The van der Waals surface area contributed by atoms with Crippen molar-refractivity contribution in [2.45, 2.75) is 24.7 Å². The van der Waals surface area contributed by atoms with Crippen LogP contribution in [0, 0.1) is 5.82 Å². The van der Waals surface area contributed by atoms with E-state index in [0.29, 0.717) is 0 Å². The second-order valence-corrected chi connectivity index (χ2v) is 6.88. The molecule has 2 N–H and O–H groups in total. The number of ether oxygens (including phenoxy) is 1. The number of rotatable bonds is 8. The molecule has 0 aliphatic rings. The third kappa shape index (κ3) is 5.45. The molecule has 0 fully saturated rings. The van der Waals surface area contributed by atoms with Gasteiger partial charge in [-0.1, -0.05) is 19.1 Å². The number of nitrogens with one attached hydrogen (secondary N) is 1. The van der Waals surface area contributed by atoms with Gasteiger partial charge >= 0.3 is 0 Å². The lowest BCUT2D eigenvalue weighted by molar-refractivity contribution is 0.395. The second kappa shape index (κ2) is 9.39. The molecule has 0 spiro atoms. The molecular formula is C21H21FN2O2S. The van der Waals surface area contributed by atoms with E-state index in [9.17, 15) is 9.50 Å². The van der Waals surface area contributed by atoms with Crippen molar-refractivity contribution < 1.29 is 14.2 Å². The fourth-order valence-electron chi connectivity index (χ4n) is 2.47. The van der Waals surface area contributed by atoms with Crippen LogP contribution in [0.3, 0.4) is 0 Å². The van der Waals surface area contributed by atoms with E-state index in [1.54, 1.807) is 30.5 Å². The zero-order chi connectivity index (χ0) is 19.1. The van der Waals surface area contributed by atoms with Crippen LogP contribution in [0.2, 0.25) is 0 Å². The van der Waals surface area contributed by atoms with Crippen molar-refractivity contribution in [1.82, 2.24) is 9.71 Å². The molecule has 4 nitrogen and oxygen atoms in total. The Morgan fingerprint density at radius 2 is 1.96 bits per heavy atom. The van der Waals surface area contributed by atoms with Crippen molar-refractivity contribution in [2.75, 3.05) is 6.54 Å². The number of nitrogens with zero attached hydrogens (tertiary/aromatic N) is 1. The van der Waals surface area contributed by atoms with Crippen LogP contribution in [0.5, 0.6) is 17.2 Å². The molecule has 0 radical (unpaired) electrons. The summed E-state index contributed by atoms with van der Waals surface area (Å²) < 4.78 is 23.0. The first-order valence-corrected chi connectivity index (χ1v) is 9.56. The normalized spacial score (nSPS) is 10.7. The van der Waals surface area contributed by atoms with Gasteiger partial charge in [0.25, 0.3) is 0 Å². The van der Waals surface area contributed by atoms with Gasteiger partial charge in [-0.3, -0.25) is 9.71 Å². The van der Waals surface area contributed by atoms with Crippen LogP contribution in [0.15, 0.2) is 65.7 Å². The maximum Gasteiger partial charge on any atom is 0.169 e. The molecule has 3 aromatic rings. The van der Waals surface area contributed by atoms with Crippen LogP contribution in [0.1, 0.15) is 18.2 Å². The van der Waals surface area contributed by atoms with Gasteiger partial charge in [0.15, 0.2) is 23.1 Å². The monoisotopic (exact) mass is 384 g/mol. The largest absolute Gasteiger partial charge is 0.504 e. The molecule has 140 valence electrons. The Bertz CT molecular complexity index is 891. The molecule has 1 aromatic heterocycles. The van der Waals surface area contributed by atoms with Gasteiger partial charge < -0.3 is 9.84 Å². The van der Waals surface area contributed by atoms with Gasteiger partial charge in [-0.25, -0.2) is 4.39 Å². The molecule has 0 aliphatic heterocycles. The number of hydrogen-bond donors (Lipinski definition) is 2. The number of aromatic nitrogens is 1. The summed E-state index contributed by atoms with van der Waals surface area (Å²) in [5, 5.41) is 10.00. The minimum atomic E-state index is -0.481. The van der Waals surface area contributed by atoms with Crippen LogP contribution in [0.25, 0.3) is 0 Å². The molecule has 0 unspecified atom stereocenters. The maximum atomic E-state index is 14.3. The summed E-state index contributed by atoms with van der Waals surface area (Å²) in [6.45, 7) is 2.72. The minimum absolute atomic E-state index is 0.00314. The zero-order valence-corrected chi connectivity index (χ0v) is 15.8. The van der Waals surface area contributed by atoms with Crippen LogP contribution in [-0.2, 0) is 12.8 Å². The number of aryl methyl sites for hydroxylation is 1. The van der Waals surface area contributed by atoms with Crippen LogP contribution in [-0.4, -0.2) is 16.6 Å². The highest BCUT2D eigenvalue weighted by molar-refractivity contribution is 7.97. The van der Waals surface area contributed by atoms with E-state index in [4.69, 9.17) is 4.74 Å². The molecule has 0 bridgehead atoms.